The Morgan fingerprint density at radius 1 is 1.00 bits per heavy atom. The molecular weight excluding hydrogens is 403 g/mol. The quantitative estimate of drug-likeness (QED) is 0.715. The first-order valence-corrected chi connectivity index (χ1v) is 9.88. The summed E-state index contributed by atoms with van der Waals surface area (Å²) in [6, 6.07) is 0. The molecule has 2 saturated heterocycles. The fraction of sp³-hybridized carbons (Fsp3) is 0.667. The van der Waals surface area contributed by atoms with Crippen molar-refractivity contribution in [2.75, 3.05) is 63.9 Å². The molecule has 0 saturated carbocycles. The predicted molar refractivity (Wildman–Crippen MR) is 101 cm³/mol. The molecule has 0 N–H and O–H groups in total. The molecule has 1 amide bonds. The molecule has 164 valence electrons. The largest absolute Gasteiger partial charge is 0.453 e. The van der Waals surface area contributed by atoms with Gasteiger partial charge in [-0.25, -0.2) is 0 Å². The van der Waals surface area contributed by atoms with E-state index >= 15 is 0 Å². The van der Waals surface area contributed by atoms with Gasteiger partial charge in [0.25, 0.3) is 5.82 Å². The highest BCUT2D eigenvalue weighted by Gasteiger charge is 2.38. The smallest absolute Gasteiger partial charge is 0.378 e. The number of anilines is 1. The third kappa shape index (κ3) is 3.93. The monoisotopic (exact) mass is 427 g/mol. The van der Waals surface area contributed by atoms with Gasteiger partial charge in [0.2, 0.25) is 5.91 Å². The van der Waals surface area contributed by atoms with E-state index in [2.05, 4.69) is 20.2 Å². The van der Waals surface area contributed by atoms with Gasteiger partial charge in [-0.3, -0.25) is 9.69 Å². The Morgan fingerprint density at radius 3 is 2.30 bits per heavy atom. The molecule has 0 atom stereocenters. The van der Waals surface area contributed by atoms with Gasteiger partial charge in [0.15, 0.2) is 11.5 Å². The van der Waals surface area contributed by atoms with Crippen LogP contribution in [0.4, 0.5) is 19.0 Å². The van der Waals surface area contributed by atoms with Crippen molar-refractivity contribution in [1.29, 1.82) is 0 Å². The number of nitrogens with zero attached hydrogens (tertiary/aromatic N) is 7. The number of amides is 1. The molecule has 0 bridgehead atoms. The number of morpholine rings is 1. The zero-order valence-electron chi connectivity index (χ0n) is 16.9. The first kappa shape index (κ1) is 20.8. The second-order valence-corrected chi connectivity index (χ2v) is 7.59. The Morgan fingerprint density at radius 2 is 1.67 bits per heavy atom. The van der Waals surface area contributed by atoms with Crippen molar-refractivity contribution < 1.29 is 22.7 Å². The number of carbonyl (C=O) groups is 1. The molecule has 9 nitrogen and oxygen atoms in total. The number of hydrogen-bond donors (Lipinski definition) is 0. The topological polar surface area (TPSA) is 79.1 Å². The number of rotatable bonds is 3. The van der Waals surface area contributed by atoms with Crippen LogP contribution >= 0.6 is 0 Å². The maximum Gasteiger partial charge on any atom is 0.453 e. The van der Waals surface area contributed by atoms with Crippen molar-refractivity contribution >= 4 is 17.4 Å². The van der Waals surface area contributed by atoms with Crippen LogP contribution in [0, 0.1) is 13.8 Å². The first-order chi connectivity index (χ1) is 14.3. The van der Waals surface area contributed by atoms with Crippen LogP contribution in [0.15, 0.2) is 0 Å². The van der Waals surface area contributed by atoms with Crippen molar-refractivity contribution in [3.05, 3.63) is 17.0 Å². The van der Waals surface area contributed by atoms with E-state index in [1.54, 1.807) is 6.92 Å². The average Bonchev–Trinajstić information content (AvgIpc) is 3.17. The summed E-state index contributed by atoms with van der Waals surface area (Å²) in [5, 5.41) is 11.2. The minimum Gasteiger partial charge on any atom is -0.378 e. The average molecular weight is 427 g/mol. The van der Waals surface area contributed by atoms with E-state index < -0.39 is 12.0 Å². The van der Waals surface area contributed by atoms with Crippen LogP contribution in [0.1, 0.15) is 17.0 Å². The second kappa shape index (κ2) is 7.99. The summed E-state index contributed by atoms with van der Waals surface area (Å²) >= 11 is 0. The maximum atomic E-state index is 13.3. The number of alkyl halides is 3. The third-order valence-electron chi connectivity index (χ3n) is 5.72. The zero-order valence-corrected chi connectivity index (χ0v) is 16.9. The van der Waals surface area contributed by atoms with Gasteiger partial charge in [-0.1, -0.05) is 0 Å². The van der Waals surface area contributed by atoms with Gasteiger partial charge < -0.3 is 14.5 Å². The molecule has 0 aliphatic carbocycles. The SMILES string of the molecule is Cc1c(N2CCN(CC(=O)N3CCOCC3)CC2)nn2c(C(F)(F)F)nnc2c1C. The van der Waals surface area contributed by atoms with Crippen LogP contribution in [-0.2, 0) is 15.7 Å². The third-order valence-corrected chi connectivity index (χ3v) is 5.72. The minimum atomic E-state index is -4.63. The van der Waals surface area contributed by atoms with Gasteiger partial charge in [0, 0.05) is 50.4 Å². The van der Waals surface area contributed by atoms with Crippen molar-refractivity contribution in [2.45, 2.75) is 20.0 Å². The van der Waals surface area contributed by atoms with E-state index in [9.17, 15) is 18.0 Å². The molecule has 12 heteroatoms. The summed E-state index contributed by atoms with van der Waals surface area (Å²) < 4.78 is 45.8. The fourth-order valence-electron chi connectivity index (χ4n) is 3.81. The summed E-state index contributed by atoms with van der Waals surface area (Å²) in [4.78, 5) is 18.3. The molecule has 0 spiro atoms. The van der Waals surface area contributed by atoms with Crippen LogP contribution in [0.2, 0.25) is 0 Å². The molecule has 0 aromatic carbocycles. The number of carbonyl (C=O) groups excluding carboxylic acids is 1. The summed E-state index contributed by atoms with van der Waals surface area (Å²) in [6.45, 7) is 8.63. The molecule has 2 aliphatic heterocycles. The minimum absolute atomic E-state index is 0.0811. The lowest BCUT2D eigenvalue weighted by Gasteiger charge is -2.37. The van der Waals surface area contributed by atoms with E-state index in [0.29, 0.717) is 70.4 Å². The lowest BCUT2D eigenvalue weighted by Crippen LogP contribution is -2.52. The van der Waals surface area contributed by atoms with Gasteiger partial charge in [-0.2, -0.15) is 17.7 Å². The number of aryl methyl sites for hydroxylation is 1. The van der Waals surface area contributed by atoms with Crippen LogP contribution < -0.4 is 4.90 Å². The van der Waals surface area contributed by atoms with Crippen LogP contribution in [0.5, 0.6) is 0 Å². The summed E-state index contributed by atoms with van der Waals surface area (Å²) in [6.07, 6.45) is -4.63. The number of fused-ring (bicyclic) bond motifs is 1. The molecule has 4 rings (SSSR count). The van der Waals surface area contributed by atoms with E-state index in [1.807, 2.05) is 16.7 Å². The number of piperazine rings is 1. The normalized spacial score (nSPS) is 19.0. The number of hydrogen-bond acceptors (Lipinski definition) is 7. The number of aromatic nitrogens is 4. The van der Waals surface area contributed by atoms with E-state index in [0.717, 1.165) is 10.1 Å². The summed E-state index contributed by atoms with van der Waals surface area (Å²) in [5.41, 5.74) is 1.51. The Labute approximate surface area is 171 Å². The molecule has 2 aromatic heterocycles. The lowest BCUT2D eigenvalue weighted by molar-refractivity contribution is -0.146. The first-order valence-electron chi connectivity index (χ1n) is 9.88. The zero-order chi connectivity index (χ0) is 21.5. The maximum absolute atomic E-state index is 13.3. The molecule has 0 unspecified atom stereocenters. The van der Waals surface area contributed by atoms with Crippen LogP contribution in [0.25, 0.3) is 5.65 Å². The number of ether oxygens (including phenoxy) is 1. The standard InChI is InChI=1S/C18H24F3N7O2/c1-12-13(2)16(24-28-15(12)22-23-17(28)18(19,20)21)27-5-3-25(4-6-27)11-14(29)26-7-9-30-10-8-26/h3-11H2,1-2H3. The fourth-order valence-corrected chi connectivity index (χ4v) is 3.81. The molecular formula is C18H24F3N7O2. The highest BCUT2D eigenvalue weighted by molar-refractivity contribution is 5.78. The molecule has 30 heavy (non-hydrogen) atoms. The molecule has 2 fully saturated rings. The van der Waals surface area contributed by atoms with E-state index in [4.69, 9.17) is 4.74 Å². The Hall–Kier alpha value is -2.47. The van der Waals surface area contributed by atoms with Crippen LogP contribution in [0.3, 0.4) is 0 Å². The number of halogens is 3. The van der Waals surface area contributed by atoms with E-state index in [1.165, 1.54) is 0 Å². The van der Waals surface area contributed by atoms with Crippen molar-refractivity contribution in [3.63, 3.8) is 0 Å². The molecule has 2 aromatic rings. The molecule has 4 heterocycles. The predicted octanol–water partition coefficient (Wildman–Crippen LogP) is 0.741. The van der Waals surface area contributed by atoms with Crippen molar-refractivity contribution in [2.24, 2.45) is 0 Å². The summed E-state index contributed by atoms with van der Waals surface area (Å²) in [5.74, 6) is -0.557. The van der Waals surface area contributed by atoms with Gasteiger partial charge in [0.05, 0.1) is 19.8 Å². The molecule has 0 radical (unpaired) electrons. The van der Waals surface area contributed by atoms with Gasteiger partial charge in [-0.05, 0) is 13.8 Å². The Bertz CT molecular complexity index is 932. The highest BCUT2D eigenvalue weighted by Crippen LogP contribution is 2.30. The van der Waals surface area contributed by atoms with E-state index in [-0.39, 0.29) is 11.6 Å². The van der Waals surface area contributed by atoms with Gasteiger partial charge >= 0.3 is 6.18 Å². The van der Waals surface area contributed by atoms with Crippen molar-refractivity contribution in [3.8, 4) is 0 Å². The summed E-state index contributed by atoms with van der Waals surface area (Å²) in [7, 11) is 0. The van der Waals surface area contributed by atoms with Crippen molar-refractivity contribution in [1.82, 2.24) is 29.6 Å². The van der Waals surface area contributed by atoms with Gasteiger partial charge in [-0.15, -0.1) is 15.3 Å². The highest BCUT2D eigenvalue weighted by atomic mass is 19.4. The van der Waals surface area contributed by atoms with Gasteiger partial charge in [0.1, 0.15) is 0 Å². The van der Waals surface area contributed by atoms with Crippen LogP contribution in [-0.4, -0.2) is 94.5 Å². The Balaban J connectivity index is 1.48. The second-order valence-electron chi connectivity index (χ2n) is 7.59. The molecule has 2 aliphatic rings. The Kier molecular flexibility index (Phi) is 5.53. The lowest BCUT2D eigenvalue weighted by atomic mass is 10.1.